The molecule has 0 radical (unpaired) electrons. The largest absolute Gasteiger partial charge is 0.488 e. The van der Waals surface area contributed by atoms with Crippen molar-refractivity contribution in [2.24, 2.45) is 5.10 Å². The Hall–Kier alpha value is -3.42. The van der Waals surface area contributed by atoms with E-state index in [0.717, 1.165) is 11.8 Å². The fraction of sp³-hybridized carbons (Fsp3) is 0.0500. The predicted molar refractivity (Wildman–Crippen MR) is 94.7 cm³/mol. The van der Waals surface area contributed by atoms with E-state index in [1.54, 1.807) is 24.3 Å². The maximum absolute atomic E-state index is 13.6. The van der Waals surface area contributed by atoms with Gasteiger partial charge in [-0.05, 0) is 17.7 Å². The fourth-order valence-corrected chi connectivity index (χ4v) is 2.32. The molecule has 0 spiro atoms. The van der Waals surface area contributed by atoms with Crippen LogP contribution in [0.3, 0.4) is 0 Å². The zero-order valence-corrected chi connectivity index (χ0v) is 14.2. The maximum atomic E-state index is 13.6. The molecule has 0 heterocycles. The molecule has 3 nitrogen and oxygen atoms in total. The molecule has 1 N–H and O–H groups in total. The number of rotatable bonds is 6. The molecule has 3 rings (SSSR count). The topological polar surface area (TPSA) is 33.6 Å². The van der Waals surface area contributed by atoms with Gasteiger partial charge in [-0.3, -0.25) is 5.43 Å². The van der Waals surface area contributed by atoms with Gasteiger partial charge in [0.05, 0.1) is 6.21 Å². The molecule has 0 unspecified atom stereocenters. The number of nitrogens with zero attached hydrogens (tertiary/aromatic N) is 1. The lowest BCUT2D eigenvalue weighted by Gasteiger charge is -2.09. The summed E-state index contributed by atoms with van der Waals surface area (Å²) < 4.78 is 72.4. The van der Waals surface area contributed by atoms with Crippen LogP contribution in [0.2, 0.25) is 0 Å². The van der Waals surface area contributed by atoms with Gasteiger partial charge in [-0.1, -0.05) is 42.5 Å². The van der Waals surface area contributed by atoms with Crippen LogP contribution in [0.5, 0.6) is 5.75 Å². The van der Waals surface area contributed by atoms with Gasteiger partial charge in [0.2, 0.25) is 5.82 Å². The molecule has 0 aromatic heterocycles. The van der Waals surface area contributed by atoms with Gasteiger partial charge in [-0.25, -0.2) is 22.0 Å². The molecule has 144 valence electrons. The van der Waals surface area contributed by atoms with Crippen LogP contribution < -0.4 is 10.2 Å². The highest BCUT2D eigenvalue weighted by atomic mass is 19.2. The Kier molecular flexibility index (Phi) is 5.88. The van der Waals surface area contributed by atoms with Crippen molar-refractivity contribution in [2.45, 2.75) is 6.61 Å². The van der Waals surface area contributed by atoms with Gasteiger partial charge in [0, 0.05) is 5.56 Å². The summed E-state index contributed by atoms with van der Waals surface area (Å²) >= 11 is 0. The van der Waals surface area contributed by atoms with E-state index in [9.17, 15) is 22.0 Å². The molecule has 0 atom stereocenters. The second-order valence-electron chi connectivity index (χ2n) is 5.63. The van der Waals surface area contributed by atoms with E-state index in [1.165, 1.54) is 0 Å². The van der Waals surface area contributed by atoms with Gasteiger partial charge in [-0.2, -0.15) is 5.10 Å². The Morgan fingerprint density at radius 3 is 2.00 bits per heavy atom. The summed E-state index contributed by atoms with van der Waals surface area (Å²) in [6, 6.07) is 16.0. The minimum absolute atomic E-state index is 0.275. The minimum atomic E-state index is -2.23. The number of para-hydroxylation sites is 1. The summed E-state index contributed by atoms with van der Waals surface area (Å²) in [5, 5.41) is 3.57. The quantitative estimate of drug-likeness (QED) is 0.200. The molecule has 0 amide bonds. The molecule has 3 aromatic carbocycles. The first-order valence-corrected chi connectivity index (χ1v) is 8.05. The predicted octanol–water partition coefficient (Wildman–Crippen LogP) is 5.41. The number of benzene rings is 3. The number of hydrazone groups is 1. The average molecular weight is 392 g/mol. The van der Waals surface area contributed by atoms with Crippen molar-refractivity contribution in [3.05, 3.63) is 94.8 Å². The lowest BCUT2D eigenvalue weighted by atomic mass is 10.2. The van der Waals surface area contributed by atoms with Crippen molar-refractivity contribution in [1.82, 2.24) is 0 Å². The fourth-order valence-electron chi connectivity index (χ4n) is 2.32. The Morgan fingerprint density at radius 1 is 0.750 bits per heavy atom. The highest BCUT2D eigenvalue weighted by molar-refractivity contribution is 5.84. The van der Waals surface area contributed by atoms with Crippen LogP contribution in [0.1, 0.15) is 11.1 Å². The van der Waals surface area contributed by atoms with E-state index in [2.05, 4.69) is 5.10 Å². The summed E-state index contributed by atoms with van der Waals surface area (Å²) in [7, 11) is 0. The third-order valence-electron chi connectivity index (χ3n) is 3.75. The van der Waals surface area contributed by atoms with Crippen LogP contribution >= 0.6 is 0 Å². The van der Waals surface area contributed by atoms with Crippen molar-refractivity contribution in [3.63, 3.8) is 0 Å². The zero-order chi connectivity index (χ0) is 20.1. The van der Waals surface area contributed by atoms with Crippen LogP contribution in [0.4, 0.5) is 27.6 Å². The van der Waals surface area contributed by atoms with Crippen LogP contribution in [-0.2, 0) is 6.61 Å². The molecule has 28 heavy (non-hydrogen) atoms. The lowest BCUT2D eigenvalue weighted by Crippen LogP contribution is -2.06. The highest BCUT2D eigenvalue weighted by Gasteiger charge is 2.25. The maximum Gasteiger partial charge on any atom is 0.200 e. The Bertz CT molecular complexity index is 980. The summed E-state index contributed by atoms with van der Waals surface area (Å²) in [6.07, 6.45) is 1.15. The van der Waals surface area contributed by atoms with E-state index in [0.29, 0.717) is 11.3 Å². The summed E-state index contributed by atoms with van der Waals surface area (Å²) in [5.41, 5.74) is 1.98. The molecule has 0 saturated heterocycles. The molecular weight excluding hydrogens is 379 g/mol. The molecule has 0 bridgehead atoms. The van der Waals surface area contributed by atoms with E-state index in [4.69, 9.17) is 4.74 Å². The SMILES string of the molecule is Fc1c(F)c(F)c(N/N=C/c2ccccc2OCc2ccccc2)c(F)c1F. The second kappa shape index (κ2) is 8.51. The summed E-state index contributed by atoms with van der Waals surface area (Å²) in [4.78, 5) is 0. The Labute approximate surface area is 157 Å². The molecule has 0 aliphatic heterocycles. The summed E-state index contributed by atoms with van der Waals surface area (Å²) in [6.45, 7) is 0.275. The van der Waals surface area contributed by atoms with Crippen molar-refractivity contribution in [2.75, 3.05) is 5.43 Å². The number of hydrogen-bond acceptors (Lipinski definition) is 3. The smallest absolute Gasteiger partial charge is 0.200 e. The van der Waals surface area contributed by atoms with Crippen molar-refractivity contribution in [3.8, 4) is 5.75 Å². The van der Waals surface area contributed by atoms with Gasteiger partial charge in [-0.15, -0.1) is 0 Å². The number of halogens is 5. The van der Waals surface area contributed by atoms with Crippen LogP contribution in [0, 0.1) is 29.1 Å². The number of ether oxygens (including phenoxy) is 1. The number of hydrogen-bond donors (Lipinski definition) is 1. The molecule has 0 fully saturated rings. The molecular formula is C20H13F5N2O. The molecule has 0 saturated carbocycles. The van der Waals surface area contributed by atoms with Gasteiger partial charge in [0.15, 0.2) is 23.3 Å². The zero-order valence-electron chi connectivity index (χ0n) is 14.2. The minimum Gasteiger partial charge on any atom is -0.488 e. The van der Waals surface area contributed by atoms with Crippen molar-refractivity contribution < 1.29 is 26.7 Å². The van der Waals surface area contributed by atoms with Crippen molar-refractivity contribution in [1.29, 1.82) is 0 Å². The Morgan fingerprint density at radius 2 is 1.32 bits per heavy atom. The van der Waals surface area contributed by atoms with Crippen molar-refractivity contribution >= 4 is 11.9 Å². The van der Waals surface area contributed by atoms with Gasteiger partial charge < -0.3 is 4.74 Å². The molecule has 0 aliphatic carbocycles. The first-order chi connectivity index (χ1) is 13.5. The monoisotopic (exact) mass is 392 g/mol. The third kappa shape index (κ3) is 4.11. The molecule has 3 aromatic rings. The van der Waals surface area contributed by atoms with Gasteiger partial charge in [0.25, 0.3) is 0 Å². The van der Waals surface area contributed by atoms with E-state index >= 15 is 0 Å². The Balaban J connectivity index is 1.77. The third-order valence-corrected chi connectivity index (χ3v) is 3.75. The van der Waals surface area contributed by atoms with E-state index in [-0.39, 0.29) is 6.61 Å². The van der Waals surface area contributed by atoms with Crippen LogP contribution in [0.25, 0.3) is 0 Å². The lowest BCUT2D eigenvalue weighted by molar-refractivity contribution is 0.306. The van der Waals surface area contributed by atoms with Gasteiger partial charge in [0.1, 0.15) is 18.0 Å². The first-order valence-electron chi connectivity index (χ1n) is 8.05. The van der Waals surface area contributed by atoms with Gasteiger partial charge >= 0.3 is 0 Å². The van der Waals surface area contributed by atoms with Crippen LogP contribution in [-0.4, -0.2) is 6.21 Å². The summed E-state index contributed by atoms with van der Waals surface area (Å²) in [5.74, 6) is -9.91. The highest BCUT2D eigenvalue weighted by Crippen LogP contribution is 2.27. The number of anilines is 1. The van der Waals surface area contributed by atoms with E-state index < -0.39 is 34.8 Å². The van der Waals surface area contributed by atoms with Crippen LogP contribution in [0.15, 0.2) is 59.7 Å². The number of nitrogens with one attached hydrogen (secondary N) is 1. The van der Waals surface area contributed by atoms with E-state index in [1.807, 2.05) is 35.8 Å². The molecule has 0 aliphatic rings. The average Bonchev–Trinajstić information content (AvgIpc) is 2.73. The first kappa shape index (κ1) is 19.3. The molecule has 8 heteroatoms. The standard InChI is InChI=1S/C20H13F5N2O/c21-15-16(22)18(24)20(19(25)17(15)23)27-26-10-13-8-4-5-9-14(13)28-11-12-6-2-1-3-7-12/h1-10,27H,11H2/b26-10+. The second-order valence-corrected chi connectivity index (χ2v) is 5.63. The normalized spacial score (nSPS) is 11.0.